The molecule has 0 saturated carbocycles. The molecule has 0 aromatic carbocycles. The topological polar surface area (TPSA) is 107 Å². The van der Waals surface area contributed by atoms with Crippen molar-refractivity contribution in [1.82, 2.24) is 20.6 Å². The Labute approximate surface area is 90.3 Å². The molecule has 4 N–H and O–H groups in total. The van der Waals surface area contributed by atoms with Gasteiger partial charge in [-0.3, -0.25) is 14.6 Å². The van der Waals surface area contributed by atoms with Gasteiger partial charge in [-0.15, -0.1) is 0 Å². The lowest BCUT2D eigenvalue weighted by atomic mass is 10.2. The smallest absolute Gasteiger partial charge is 0.326 e. The fourth-order valence-electron chi connectivity index (χ4n) is 1.63. The van der Waals surface area contributed by atoms with E-state index in [-0.39, 0.29) is 11.7 Å². The summed E-state index contributed by atoms with van der Waals surface area (Å²) in [6.45, 7) is 1.57. The number of hydrogen-bond acceptors (Lipinski definition) is 4. The summed E-state index contributed by atoms with van der Waals surface area (Å²) < 4.78 is 0. The van der Waals surface area contributed by atoms with E-state index in [0.29, 0.717) is 6.54 Å². The van der Waals surface area contributed by atoms with Crippen LogP contribution in [0.25, 0.3) is 0 Å². The highest BCUT2D eigenvalue weighted by Crippen LogP contribution is 1.98. The van der Waals surface area contributed by atoms with Crippen molar-refractivity contribution in [1.29, 1.82) is 0 Å². The Kier molecular flexibility index (Phi) is 2.86. The molecule has 1 saturated heterocycles. The van der Waals surface area contributed by atoms with Gasteiger partial charge in [-0.25, -0.2) is 4.79 Å². The first kappa shape index (κ1) is 10.6. The molecule has 1 aromatic rings. The van der Waals surface area contributed by atoms with E-state index in [4.69, 9.17) is 0 Å². The molecule has 7 heteroatoms. The Balaban J connectivity index is 2.13. The van der Waals surface area contributed by atoms with Crippen molar-refractivity contribution in [2.24, 2.45) is 0 Å². The molecule has 2 rings (SSSR count). The SMILES string of the molecule is O=C(N[C@@H]1CCNC1)c1cc(=O)[nH]c(=O)[nH]1. The third-order valence-corrected chi connectivity index (χ3v) is 2.40. The average Bonchev–Trinajstić information content (AvgIpc) is 2.68. The lowest BCUT2D eigenvalue weighted by Crippen LogP contribution is -2.38. The second-order valence-corrected chi connectivity index (χ2v) is 3.66. The number of carbonyl (C=O) groups excluding carboxylic acids is 1. The first-order valence-corrected chi connectivity index (χ1v) is 5.00. The standard InChI is InChI=1S/C9H12N4O3/c14-7-3-6(12-9(16)13-7)8(15)11-5-1-2-10-4-5/h3,5,10H,1-2,4H2,(H,11,15)(H2,12,13,14,16)/t5-/m1/s1. The molecule has 1 aromatic heterocycles. The Morgan fingerprint density at radius 2 is 2.19 bits per heavy atom. The van der Waals surface area contributed by atoms with Crippen LogP contribution >= 0.6 is 0 Å². The lowest BCUT2D eigenvalue weighted by Gasteiger charge is -2.10. The van der Waals surface area contributed by atoms with Crippen molar-refractivity contribution >= 4 is 5.91 Å². The van der Waals surface area contributed by atoms with E-state index >= 15 is 0 Å². The van der Waals surface area contributed by atoms with Crippen LogP contribution in [0.3, 0.4) is 0 Å². The fraction of sp³-hybridized carbons (Fsp3) is 0.444. The Morgan fingerprint density at radius 1 is 1.38 bits per heavy atom. The van der Waals surface area contributed by atoms with Crippen LogP contribution in [0.4, 0.5) is 0 Å². The molecule has 1 fully saturated rings. The maximum Gasteiger partial charge on any atom is 0.326 e. The predicted molar refractivity (Wildman–Crippen MR) is 56.4 cm³/mol. The van der Waals surface area contributed by atoms with Gasteiger partial charge >= 0.3 is 5.69 Å². The van der Waals surface area contributed by atoms with E-state index in [9.17, 15) is 14.4 Å². The van der Waals surface area contributed by atoms with Crippen LogP contribution in [-0.2, 0) is 0 Å². The van der Waals surface area contributed by atoms with Crippen LogP contribution in [0.15, 0.2) is 15.7 Å². The van der Waals surface area contributed by atoms with Crippen molar-refractivity contribution in [2.75, 3.05) is 13.1 Å². The Hall–Kier alpha value is -1.89. The molecule has 7 nitrogen and oxygen atoms in total. The average molecular weight is 224 g/mol. The highest BCUT2D eigenvalue weighted by Gasteiger charge is 2.18. The van der Waals surface area contributed by atoms with Crippen LogP contribution in [0.2, 0.25) is 0 Å². The van der Waals surface area contributed by atoms with Crippen molar-refractivity contribution < 1.29 is 4.79 Å². The van der Waals surface area contributed by atoms with E-state index in [0.717, 1.165) is 19.0 Å². The summed E-state index contributed by atoms with van der Waals surface area (Å²) >= 11 is 0. The molecule has 0 radical (unpaired) electrons. The molecule has 0 unspecified atom stereocenters. The maximum atomic E-state index is 11.6. The highest BCUT2D eigenvalue weighted by atomic mass is 16.2. The monoisotopic (exact) mass is 224 g/mol. The maximum absolute atomic E-state index is 11.6. The summed E-state index contributed by atoms with van der Waals surface area (Å²) in [5.74, 6) is -0.433. The molecule has 1 atom stereocenters. The Morgan fingerprint density at radius 3 is 2.81 bits per heavy atom. The van der Waals surface area contributed by atoms with E-state index in [1.54, 1.807) is 0 Å². The predicted octanol–water partition coefficient (Wildman–Crippen LogP) is -1.85. The minimum Gasteiger partial charge on any atom is -0.347 e. The largest absolute Gasteiger partial charge is 0.347 e. The first-order valence-electron chi connectivity index (χ1n) is 5.00. The minimum atomic E-state index is -0.679. The number of hydrogen-bond donors (Lipinski definition) is 4. The second-order valence-electron chi connectivity index (χ2n) is 3.66. The van der Waals surface area contributed by atoms with Crippen molar-refractivity contribution in [2.45, 2.75) is 12.5 Å². The van der Waals surface area contributed by atoms with Gasteiger partial charge in [0.05, 0.1) is 0 Å². The van der Waals surface area contributed by atoms with Gasteiger partial charge in [0.15, 0.2) is 0 Å². The van der Waals surface area contributed by atoms with Crippen molar-refractivity contribution in [3.63, 3.8) is 0 Å². The third kappa shape index (κ3) is 2.37. The Bertz CT molecular complexity index is 470. The summed E-state index contributed by atoms with van der Waals surface area (Å²) in [7, 11) is 0. The van der Waals surface area contributed by atoms with Crippen LogP contribution in [0, 0.1) is 0 Å². The zero-order valence-corrected chi connectivity index (χ0v) is 8.50. The van der Waals surface area contributed by atoms with Crippen LogP contribution in [-0.4, -0.2) is 35.0 Å². The van der Waals surface area contributed by atoms with Crippen molar-refractivity contribution in [3.8, 4) is 0 Å². The van der Waals surface area contributed by atoms with Gasteiger partial charge in [0.25, 0.3) is 11.5 Å². The molecule has 16 heavy (non-hydrogen) atoms. The molecule has 1 aliphatic rings. The number of aromatic amines is 2. The molecule has 1 aliphatic heterocycles. The highest BCUT2D eigenvalue weighted by molar-refractivity contribution is 5.92. The molecular formula is C9H12N4O3. The van der Waals surface area contributed by atoms with Crippen molar-refractivity contribution in [3.05, 3.63) is 32.6 Å². The summed E-state index contributed by atoms with van der Waals surface area (Å²) in [5, 5.41) is 5.82. The van der Waals surface area contributed by atoms with E-state index in [2.05, 4.69) is 15.6 Å². The number of aromatic nitrogens is 2. The number of nitrogens with one attached hydrogen (secondary N) is 4. The van der Waals surface area contributed by atoms with E-state index < -0.39 is 17.2 Å². The van der Waals surface area contributed by atoms with Crippen LogP contribution in [0.1, 0.15) is 16.9 Å². The van der Waals surface area contributed by atoms with Gasteiger partial charge in [0.2, 0.25) is 0 Å². The summed E-state index contributed by atoms with van der Waals surface area (Å²) in [5.41, 5.74) is -1.28. The first-order chi connectivity index (χ1) is 7.65. The molecule has 2 heterocycles. The van der Waals surface area contributed by atoms with Gasteiger partial charge in [0, 0.05) is 18.7 Å². The number of amides is 1. The van der Waals surface area contributed by atoms with Crippen LogP contribution in [0.5, 0.6) is 0 Å². The van der Waals surface area contributed by atoms with Gasteiger partial charge in [-0.05, 0) is 13.0 Å². The molecule has 0 bridgehead atoms. The molecule has 0 aliphatic carbocycles. The molecule has 86 valence electrons. The van der Waals surface area contributed by atoms with Gasteiger partial charge in [-0.2, -0.15) is 0 Å². The number of H-pyrrole nitrogens is 2. The van der Waals surface area contributed by atoms with E-state index in [1.807, 2.05) is 4.98 Å². The zero-order chi connectivity index (χ0) is 11.5. The van der Waals surface area contributed by atoms with E-state index in [1.165, 1.54) is 0 Å². The van der Waals surface area contributed by atoms with Crippen LogP contribution < -0.4 is 21.9 Å². The molecule has 1 amide bonds. The molecule has 0 spiro atoms. The minimum absolute atomic E-state index is 0.0133. The normalized spacial score (nSPS) is 19.6. The van der Waals surface area contributed by atoms with Gasteiger partial charge < -0.3 is 15.6 Å². The van der Waals surface area contributed by atoms with Gasteiger partial charge in [0.1, 0.15) is 5.69 Å². The zero-order valence-electron chi connectivity index (χ0n) is 8.50. The third-order valence-electron chi connectivity index (χ3n) is 2.40. The number of rotatable bonds is 2. The molecular weight excluding hydrogens is 212 g/mol. The number of carbonyl (C=O) groups is 1. The quantitative estimate of drug-likeness (QED) is 0.473. The second kappa shape index (κ2) is 4.31. The van der Waals surface area contributed by atoms with Gasteiger partial charge in [-0.1, -0.05) is 0 Å². The summed E-state index contributed by atoms with van der Waals surface area (Å²) in [4.78, 5) is 37.9. The fourth-order valence-corrected chi connectivity index (χ4v) is 1.63. The summed E-state index contributed by atoms with van der Waals surface area (Å²) in [6.07, 6.45) is 0.846. The lowest BCUT2D eigenvalue weighted by molar-refractivity contribution is 0.0934. The summed E-state index contributed by atoms with van der Waals surface area (Å²) in [6, 6.07) is 1.12.